The zero-order chi connectivity index (χ0) is 9.99. The molecule has 0 radical (unpaired) electrons. The third-order valence-corrected chi connectivity index (χ3v) is 4.14. The SMILES string of the molecule is BC(OC)C(C)(O)S(B)(=O)=NF. The highest BCUT2D eigenvalue weighted by Crippen LogP contribution is 2.19. The minimum atomic E-state index is -3.27. The van der Waals surface area contributed by atoms with Crippen molar-refractivity contribution in [1.29, 1.82) is 0 Å². The summed E-state index contributed by atoms with van der Waals surface area (Å²) in [4.78, 5) is -1.78. The summed E-state index contributed by atoms with van der Waals surface area (Å²) in [6.45, 7) is 1.23. The number of methoxy groups -OCH3 is 1. The van der Waals surface area contributed by atoms with Crippen LogP contribution in [0.4, 0.5) is 4.48 Å². The molecule has 1 N–H and O–H groups in total. The van der Waals surface area contributed by atoms with Gasteiger partial charge in [-0.05, 0) is 11.5 Å². The lowest BCUT2D eigenvalue weighted by Gasteiger charge is -2.29. The first-order valence-corrected chi connectivity index (χ1v) is 5.29. The highest BCUT2D eigenvalue weighted by atomic mass is 32.2. The fraction of sp³-hybridized carbons (Fsp3) is 1.00. The van der Waals surface area contributed by atoms with Crippen molar-refractivity contribution in [2.75, 3.05) is 7.11 Å². The number of nitrogens with zero attached hydrogens (tertiary/aromatic N) is 1. The molecule has 3 unspecified atom stereocenters. The summed E-state index contributed by atoms with van der Waals surface area (Å²) in [7, 11) is 0.609. The Morgan fingerprint density at radius 2 is 2.25 bits per heavy atom. The first-order valence-electron chi connectivity index (χ1n) is 3.36. The van der Waals surface area contributed by atoms with Crippen molar-refractivity contribution in [1.82, 2.24) is 0 Å². The second kappa shape index (κ2) is 3.76. The van der Waals surface area contributed by atoms with Crippen LogP contribution in [-0.4, -0.2) is 42.3 Å². The summed E-state index contributed by atoms with van der Waals surface area (Å²) in [5.41, 5.74) is 0. The molecule has 0 spiro atoms. The van der Waals surface area contributed by atoms with E-state index in [9.17, 15) is 13.8 Å². The molecule has 0 bridgehead atoms. The second-order valence-electron chi connectivity index (χ2n) is 2.80. The van der Waals surface area contributed by atoms with E-state index in [1.165, 1.54) is 21.9 Å². The zero-order valence-electron chi connectivity index (χ0n) is 7.57. The predicted octanol–water partition coefficient (Wildman–Crippen LogP) is -1.80. The number of rotatable bonds is 3. The minimum Gasteiger partial charge on any atom is -0.387 e. The molecule has 0 heterocycles. The van der Waals surface area contributed by atoms with Gasteiger partial charge in [0.25, 0.3) is 0 Å². The average Bonchev–Trinajstić information content (AvgIpc) is 2.02. The van der Waals surface area contributed by atoms with Gasteiger partial charge >= 0.3 is 0 Å². The topological polar surface area (TPSA) is 58.9 Å². The molecule has 70 valence electrons. The monoisotopic (exact) mass is 195 g/mol. The lowest BCUT2D eigenvalue weighted by molar-refractivity contribution is 0.0204. The quantitative estimate of drug-likeness (QED) is 0.540. The molecule has 0 aliphatic heterocycles. The van der Waals surface area contributed by atoms with Crippen molar-refractivity contribution >= 4 is 24.6 Å². The molecule has 0 aliphatic rings. The van der Waals surface area contributed by atoms with Gasteiger partial charge in [0.2, 0.25) is 7.12 Å². The molecule has 0 saturated heterocycles. The molecular weight excluding hydrogens is 183 g/mol. The molecule has 4 nitrogen and oxygen atoms in total. The molecule has 12 heavy (non-hydrogen) atoms. The third-order valence-electron chi connectivity index (χ3n) is 2.01. The van der Waals surface area contributed by atoms with Gasteiger partial charge in [-0.3, -0.25) is 4.21 Å². The highest BCUT2D eigenvalue weighted by Gasteiger charge is 2.37. The number of hydrogen-bond donors (Lipinski definition) is 1. The van der Waals surface area contributed by atoms with Gasteiger partial charge in [0.15, 0.2) is 4.93 Å². The zero-order valence-corrected chi connectivity index (χ0v) is 8.39. The van der Waals surface area contributed by atoms with Gasteiger partial charge in [0, 0.05) is 7.11 Å². The van der Waals surface area contributed by atoms with E-state index in [1.807, 2.05) is 0 Å². The molecule has 0 aromatic rings. The highest BCUT2D eigenvalue weighted by molar-refractivity contribution is 8.15. The van der Waals surface area contributed by atoms with E-state index in [1.54, 1.807) is 0 Å². The lowest BCUT2D eigenvalue weighted by Crippen LogP contribution is -2.47. The van der Waals surface area contributed by atoms with Gasteiger partial charge in [-0.1, -0.05) is 4.48 Å². The van der Waals surface area contributed by atoms with Crippen molar-refractivity contribution < 1.29 is 18.5 Å². The Kier molecular flexibility index (Phi) is 3.74. The van der Waals surface area contributed by atoms with E-state index in [0.29, 0.717) is 0 Å². The van der Waals surface area contributed by atoms with E-state index < -0.39 is 20.5 Å². The van der Waals surface area contributed by atoms with Crippen LogP contribution in [0.25, 0.3) is 0 Å². The van der Waals surface area contributed by atoms with Gasteiger partial charge in [-0.25, -0.2) is 0 Å². The smallest absolute Gasteiger partial charge is 0.237 e. The van der Waals surface area contributed by atoms with Crippen LogP contribution in [0.1, 0.15) is 6.92 Å². The average molecular weight is 195 g/mol. The first-order chi connectivity index (χ1) is 5.29. The van der Waals surface area contributed by atoms with Crippen molar-refractivity contribution in [2.24, 2.45) is 4.58 Å². The largest absolute Gasteiger partial charge is 0.387 e. The predicted molar refractivity (Wildman–Crippen MR) is 50.2 cm³/mol. The number of ether oxygens (including phenoxy) is 1. The van der Waals surface area contributed by atoms with Crippen molar-refractivity contribution in [3.8, 4) is 0 Å². The molecule has 0 saturated carbocycles. The van der Waals surface area contributed by atoms with Gasteiger partial charge in [-0.15, -0.1) is 0 Å². The molecular formula is C4H12B2FNO3S. The van der Waals surface area contributed by atoms with Gasteiger partial charge in [-0.2, -0.15) is 0 Å². The third kappa shape index (κ3) is 1.99. The molecule has 3 atom stereocenters. The Morgan fingerprint density at radius 3 is 2.50 bits per heavy atom. The Labute approximate surface area is 73.3 Å². The van der Waals surface area contributed by atoms with Gasteiger partial charge in [0.05, 0.1) is 15.6 Å². The standard InChI is InChI=1S/C4H12B2FNO3S/c1-4(9,3(5)11-2)12(6,10)8-7/h3,9H,5-6H2,1-2H3. The summed E-state index contributed by atoms with van der Waals surface area (Å²) >= 11 is 0. The van der Waals surface area contributed by atoms with Crippen LogP contribution in [0.15, 0.2) is 4.58 Å². The van der Waals surface area contributed by atoms with Crippen LogP contribution in [0.3, 0.4) is 0 Å². The van der Waals surface area contributed by atoms with E-state index in [4.69, 9.17) is 4.74 Å². The maximum absolute atomic E-state index is 11.9. The fourth-order valence-electron chi connectivity index (χ4n) is 0.596. The Balaban J connectivity index is 4.99. The van der Waals surface area contributed by atoms with E-state index in [0.717, 1.165) is 7.12 Å². The summed E-state index contributed by atoms with van der Waals surface area (Å²) in [6.07, 6.45) is 0. The molecule has 0 aromatic carbocycles. The van der Waals surface area contributed by atoms with E-state index in [-0.39, 0.29) is 0 Å². The maximum Gasteiger partial charge on any atom is 0.237 e. The van der Waals surface area contributed by atoms with Crippen LogP contribution >= 0.6 is 0 Å². The number of hydrogen-bond acceptors (Lipinski definition) is 4. The normalized spacial score (nSPS) is 23.7. The molecule has 8 heteroatoms. The molecule has 0 fully saturated rings. The Hall–Kier alpha value is -0.0701. The summed E-state index contributed by atoms with van der Waals surface area (Å²) in [5, 5.41) is 9.58. The van der Waals surface area contributed by atoms with Crippen molar-refractivity contribution in [3.05, 3.63) is 0 Å². The molecule has 0 aliphatic carbocycles. The van der Waals surface area contributed by atoms with Gasteiger partial charge in [0.1, 0.15) is 7.85 Å². The lowest BCUT2D eigenvalue weighted by atomic mass is 9.95. The molecule has 0 rings (SSSR count). The van der Waals surface area contributed by atoms with Crippen molar-refractivity contribution in [2.45, 2.75) is 17.9 Å². The van der Waals surface area contributed by atoms with Crippen LogP contribution < -0.4 is 0 Å². The van der Waals surface area contributed by atoms with Gasteiger partial charge < -0.3 is 9.84 Å². The van der Waals surface area contributed by atoms with Crippen LogP contribution in [0, 0.1) is 0 Å². The minimum absolute atomic E-state index is 0.741. The Bertz CT molecular complexity index is 263. The maximum atomic E-state index is 11.9. The van der Waals surface area contributed by atoms with Crippen LogP contribution in [0.2, 0.25) is 0 Å². The molecule has 0 amide bonds. The van der Waals surface area contributed by atoms with E-state index in [2.05, 4.69) is 4.58 Å². The second-order valence-corrected chi connectivity index (χ2v) is 5.37. The fourth-order valence-corrected chi connectivity index (χ4v) is 1.45. The van der Waals surface area contributed by atoms with E-state index >= 15 is 0 Å². The summed E-state index contributed by atoms with van der Waals surface area (Å²) in [6, 6.07) is -0.741. The first kappa shape index (κ1) is 11.9. The molecule has 0 aromatic heterocycles. The summed E-state index contributed by atoms with van der Waals surface area (Å²) < 4.78 is 30.1. The van der Waals surface area contributed by atoms with Crippen LogP contribution in [-0.2, 0) is 14.3 Å². The number of halogens is 1. The Morgan fingerprint density at radius 1 is 1.83 bits per heavy atom. The van der Waals surface area contributed by atoms with Crippen LogP contribution in [0.5, 0.6) is 0 Å². The summed E-state index contributed by atoms with van der Waals surface area (Å²) in [5.74, 6) is 0. The van der Waals surface area contributed by atoms with Crippen molar-refractivity contribution in [3.63, 3.8) is 0 Å². The number of aliphatic hydroxyl groups is 1.